The second-order valence-electron chi connectivity index (χ2n) is 9.81. The quantitative estimate of drug-likeness (QED) is 0.375. The van der Waals surface area contributed by atoms with Crippen molar-refractivity contribution in [3.05, 3.63) is 58.1 Å². The lowest BCUT2D eigenvalue weighted by molar-refractivity contribution is -0.274. The van der Waals surface area contributed by atoms with Crippen LogP contribution in [-0.4, -0.2) is 43.5 Å². The molecule has 36 heavy (non-hydrogen) atoms. The van der Waals surface area contributed by atoms with Gasteiger partial charge in [0.15, 0.2) is 5.79 Å². The van der Waals surface area contributed by atoms with Crippen LogP contribution in [0.1, 0.15) is 43.2 Å². The van der Waals surface area contributed by atoms with E-state index in [4.69, 9.17) is 10.7 Å². The molecule has 2 aliphatic rings. The number of hydrogen-bond donors (Lipinski definition) is 3. The van der Waals surface area contributed by atoms with E-state index in [2.05, 4.69) is 37.4 Å². The first-order valence-corrected chi connectivity index (χ1v) is 13.0. The first kappa shape index (κ1) is 26.8. The molecule has 0 aromatic heterocycles. The molecule has 4 N–H and O–H groups in total. The van der Waals surface area contributed by atoms with Crippen molar-refractivity contribution in [1.82, 2.24) is 10.2 Å². The number of para-hydroxylation sites is 1. The predicted octanol–water partition coefficient (Wildman–Crippen LogP) is 5.68. The Morgan fingerprint density at radius 2 is 1.89 bits per heavy atom. The number of fused-ring (bicyclic) bond motifs is 1. The van der Waals surface area contributed by atoms with Gasteiger partial charge in [0.25, 0.3) is 0 Å². The van der Waals surface area contributed by atoms with Crippen LogP contribution < -0.4 is 21.1 Å². The number of rotatable bonds is 7. The number of amidine groups is 1. The van der Waals surface area contributed by atoms with Gasteiger partial charge in [-0.3, -0.25) is 5.73 Å². The third-order valence-electron chi connectivity index (χ3n) is 6.99. The van der Waals surface area contributed by atoms with Crippen molar-refractivity contribution in [2.24, 2.45) is 22.6 Å². The molecule has 0 bridgehead atoms. The Labute approximate surface area is 218 Å². The molecule has 0 radical (unpaired) electrons. The lowest BCUT2D eigenvalue weighted by Crippen LogP contribution is -2.56. The maximum absolute atomic E-state index is 12.7. The highest BCUT2D eigenvalue weighted by Gasteiger charge is 2.41. The molecule has 1 heterocycles. The van der Waals surface area contributed by atoms with Crippen LogP contribution in [0.25, 0.3) is 0 Å². The molecule has 1 fully saturated rings. The van der Waals surface area contributed by atoms with Crippen LogP contribution in [0, 0.1) is 11.8 Å². The minimum atomic E-state index is -4.72. The second kappa shape index (κ2) is 11.0. The molecule has 1 atom stereocenters. The van der Waals surface area contributed by atoms with Gasteiger partial charge in [-0.15, -0.1) is 13.2 Å². The van der Waals surface area contributed by atoms with Crippen molar-refractivity contribution in [2.45, 2.75) is 50.8 Å². The molecule has 4 rings (SSSR count). The van der Waals surface area contributed by atoms with E-state index in [1.54, 1.807) is 12.1 Å². The zero-order chi connectivity index (χ0) is 25.9. The highest BCUT2D eigenvalue weighted by molar-refractivity contribution is 9.10. The van der Waals surface area contributed by atoms with Crippen molar-refractivity contribution >= 4 is 27.5 Å². The van der Waals surface area contributed by atoms with Gasteiger partial charge in [0, 0.05) is 47.8 Å². The maximum Gasteiger partial charge on any atom is 0.573 e. The molecule has 0 spiro atoms. The number of hydrogen-bond acceptors (Lipinski definition) is 6. The highest BCUT2D eigenvalue weighted by atomic mass is 79.9. The summed E-state index contributed by atoms with van der Waals surface area (Å²) in [4.78, 5) is 6.96. The van der Waals surface area contributed by atoms with Crippen LogP contribution in [0.2, 0.25) is 0 Å². The number of nitrogens with one attached hydrogen (secondary N) is 2. The summed E-state index contributed by atoms with van der Waals surface area (Å²) in [5.74, 6) is 0.627. The monoisotopic (exact) mass is 567 g/mol. The highest BCUT2D eigenvalue weighted by Crippen LogP contribution is 2.39. The van der Waals surface area contributed by atoms with Gasteiger partial charge in [-0.1, -0.05) is 34.1 Å². The largest absolute Gasteiger partial charge is 0.573 e. The van der Waals surface area contributed by atoms with Gasteiger partial charge >= 0.3 is 6.36 Å². The number of halogens is 4. The van der Waals surface area contributed by atoms with Crippen LogP contribution in [0.5, 0.6) is 5.75 Å². The molecule has 10 heteroatoms. The lowest BCUT2D eigenvalue weighted by Gasteiger charge is -2.43. The van der Waals surface area contributed by atoms with Crippen molar-refractivity contribution in [2.75, 3.05) is 26.0 Å². The molecule has 6 nitrogen and oxygen atoms in total. The van der Waals surface area contributed by atoms with Crippen molar-refractivity contribution in [1.29, 1.82) is 0 Å². The number of anilines is 1. The standard InChI is InChI=1S/C26H33BrF3N5O/c1-35(2)24-21-5-3-4-6-22(21)33-25(31,34-24)19-10-7-17(8-11-19)13-14-32-16-18-9-12-20(27)15-23(18)36-26(28,29)30/h3-6,9,12,15,17,19,32-33H,7-8,10-11,13-14,16,31H2,1-2H3. The summed E-state index contributed by atoms with van der Waals surface area (Å²) in [5, 5.41) is 6.77. The van der Waals surface area contributed by atoms with Gasteiger partial charge < -0.3 is 20.3 Å². The average molecular weight is 568 g/mol. The Balaban J connectivity index is 1.28. The first-order chi connectivity index (χ1) is 17.0. The van der Waals surface area contributed by atoms with Gasteiger partial charge in [0.1, 0.15) is 11.6 Å². The van der Waals surface area contributed by atoms with Crippen LogP contribution in [-0.2, 0) is 6.54 Å². The van der Waals surface area contributed by atoms with Crippen molar-refractivity contribution in [3.63, 3.8) is 0 Å². The van der Waals surface area contributed by atoms with Crippen LogP contribution in [0.15, 0.2) is 51.9 Å². The van der Waals surface area contributed by atoms with E-state index < -0.39 is 12.1 Å². The van der Waals surface area contributed by atoms with Crippen LogP contribution in [0.3, 0.4) is 0 Å². The normalized spacial score (nSPS) is 23.9. The van der Waals surface area contributed by atoms with E-state index in [1.165, 1.54) is 6.07 Å². The molecule has 0 saturated heterocycles. The lowest BCUT2D eigenvalue weighted by atomic mass is 9.77. The summed E-state index contributed by atoms with van der Waals surface area (Å²) in [5.41, 5.74) is 9.38. The third kappa shape index (κ3) is 6.52. The van der Waals surface area contributed by atoms with Crippen LogP contribution >= 0.6 is 15.9 Å². The molecular weight excluding hydrogens is 535 g/mol. The minimum Gasteiger partial charge on any atom is -0.405 e. The number of nitrogens with two attached hydrogens (primary N) is 1. The summed E-state index contributed by atoms with van der Waals surface area (Å²) in [6.45, 7) is 1.03. The van der Waals surface area contributed by atoms with E-state index in [0.29, 0.717) is 22.5 Å². The van der Waals surface area contributed by atoms with E-state index in [-0.39, 0.29) is 11.7 Å². The summed E-state index contributed by atoms with van der Waals surface area (Å²) in [7, 11) is 3.97. The fraction of sp³-hybridized carbons (Fsp3) is 0.500. The Bertz CT molecular complexity index is 1090. The fourth-order valence-electron chi connectivity index (χ4n) is 5.12. The van der Waals surface area contributed by atoms with Gasteiger partial charge in [-0.2, -0.15) is 0 Å². The van der Waals surface area contributed by atoms with E-state index >= 15 is 0 Å². The number of ether oxygens (including phenoxy) is 1. The van der Waals surface area contributed by atoms with Gasteiger partial charge in [0.2, 0.25) is 0 Å². The number of benzene rings is 2. The molecule has 2 aromatic carbocycles. The summed E-state index contributed by atoms with van der Waals surface area (Å²) < 4.78 is 42.9. The zero-order valence-corrected chi connectivity index (χ0v) is 22.1. The van der Waals surface area contributed by atoms with E-state index in [1.807, 2.05) is 37.2 Å². The molecule has 1 aliphatic heterocycles. The number of nitrogens with zero attached hydrogens (tertiary/aromatic N) is 2. The molecule has 2 aromatic rings. The van der Waals surface area contributed by atoms with Crippen molar-refractivity contribution in [3.8, 4) is 5.75 Å². The van der Waals surface area contributed by atoms with Gasteiger partial charge in [-0.05, 0) is 68.8 Å². The SMILES string of the molecule is CN(C)C1=NC(N)(C2CCC(CCNCc3ccc(Br)cc3OC(F)(F)F)CC2)Nc2ccccc21. The Hall–Kier alpha value is -2.30. The van der Waals surface area contributed by atoms with E-state index in [0.717, 1.165) is 55.7 Å². The Kier molecular flexibility index (Phi) is 8.16. The van der Waals surface area contributed by atoms with Crippen molar-refractivity contribution < 1.29 is 17.9 Å². The second-order valence-corrected chi connectivity index (χ2v) is 10.7. The minimum absolute atomic E-state index is 0.183. The summed E-state index contributed by atoms with van der Waals surface area (Å²) in [6, 6.07) is 12.8. The molecular formula is C26H33BrF3N5O. The molecule has 196 valence electrons. The molecule has 1 saturated carbocycles. The molecule has 1 aliphatic carbocycles. The topological polar surface area (TPSA) is 74.9 Å². The maximum atomic E-state index is 12.7. The average Bonchev–Trinajstić information content (AvgIpc) is 2.81. The Morgan fingerprint density at radius 3 is 2.58 bits per heavy atom. The number of alkyl halides is 3. The third-order valence-corrected chi connectivity index (χ3v) is 7.48. The number of aliphatic imine (C=N–C) groups is 1. The smallest absolute Gasteiger partial charge is 0.405 e. The first-order valence-electron chi connectivity index (χ1n) is 12.2. The Morgan fingerprint density at radius 1 is 1.17 bits per heavy atom. The van der Waals surface area contributed by atoms with Gasteiger partial charge in [0.05, 0.1) is 0 Å². The summed E-state index contributed by atoms with van der Waals surface area (Å²) in [6.07, 6.45) is 0.262. The van der Waals surface area contributed by atoms with Crippen LogP contribution in [0.4, 0.5) is 18.9 Å². The van der Waals surface area contributed by atoms with E-state index in [9.17, 15) is 13.2 Å². The summed E-state index contributed by atoms with van der Waals surface area (Å²) >= 11 is 3.20. The predicted molar refractivity (Wildman–Crippen MR) is 140 cm³/mol. The zero-order valence-electron chi connectivity index (χ0n) is 20.5. The molecule has 0 amide bonds. The fourth-order valence-corrected chi connectivity index (χ4v) is 5.46. The molecule has 1 unspecified atom stereocenters. The van der Waals surface area contributed by atoms with Gasteiger partial charge in [-0.25, -0.2) is 4.99 Å².